The SMILES string of the molecule is COC(=O)/C=C/c1ccoc1-c1ccc(C=O)cc1. The second-order valence-corrected chi connectivity index (χ2v) is 3.80. The maximum absolute atomic E-state index is 11.1. The van der Waals surface area contributed by atoms with Crippen molar-refractivity contribution >= 4 is 18.3 Å². The number of rotatable bonds is 4. The molecule has 1 heterocycles. The lowest BCUT2D eigenvalue weighted by Crippen LogP contribution is -1.93. The van der Waals surface area contributed by atoms with Gasteiger partial charge in [0.2, 0.25) is 0 Å². The molecule has 0 aliphatic carbocycles. The number of methoxy groups -OCH3 is 1. The lowest BCUT2D eigenvalue weighted by Gasteiger charge is -1.99. The predicted octanol–water partition coefficient (Wildman–Crippen LogP) is 2.95. The van der Waals surface area contributed by atoms with Crippen LogP contribution in [0.4, 0.5) is 0 Å². The summed E-state index contributed by atoms with van der Waals surface area (Å²) in [5, 5.41) is 0. The van der Waals surface area contributed by atoms with Crippen molar-refractivity contribution in [2.45, 2.75) is 0 Å². The second kappa shape index (κ2) is 5.82. The van der Waals surface area contributed by atoms with E-state index in [4.69, 9.17) is 4.42 Å². The molecule has 1 aromatic carbocycles. The van der Waals surface area contributed by atoms with Gasteiger partial charge in [0.1, 0.15) is 12.0 Å². The predicted molar refractivity (Wildman–Crippen MR) is 70.6 cm³/mol. The highest BCUT2D eigenvalue weighted by Gasteiger charge is 2.07. The Labute approximate surface area is 110 Å². The van der Waals surface area contributed by atoms with Gasteiger partial charge >= 0.3 is 5.97 Å². The van der Waals surface area contributed by atoms with Gasteiger partial charge in [0.25, 0.3) is 0 Å². The molecule has 0 radical (unpaired) electrons. The molecule has 4 heteroatoms. The third-order valence-corrected chi connectivity index (χ3v) is 2.60. The molecular formula is C15H12O4. The van der Waals surface area contributed by atoms with Crippen LogP contribution in [0.2, 0.25) is 0 Å². The summed E-state index contributed by atoms with van der Waals surface area (Å²) in [7, 11) is 1.32. The number of carbonyl (C=O) groups excluding carboxylic acids is 2. The van der Waals surface area contributed by atoms with Crippen molar-refractivity contribution in [2.24, 2.45) is 0 Å². The van der Waals surface area contributed by atoms with E-state index < -0.39 is 5.97 Å². The van der Waals surface area contributed by atoms with Gasteiger partial charge < -0.3 is 9.15 Å². The summed E-state index contributed by atoms with van der Waals surface area (Å²) < 4.78 is 9.93. The van der Waals surface area contributed by atoms with Gasteiger partial charge in [-0.3, -0.25) is 4.79 Å². The van der Waals surface area contributed by atoms with Crippen molar-refractivity contribution in [2.75, 3.05) is 7.11 Å². The van der Waals surface area contributed by atoms with Crippen molar-refractivity contribution < 1.29 is 18.7 Å². The molecule has 0 saturated heterocycles. The van der Waals surface area contributed by atoms with E-state index in [0.29, 0.717) is 11.3 Å². The smallest absolute Gasteiger partial charge is 0.330 e. The van der Waals surface area contributed by atoms with Crippen LogP contribution < -0.4 is 0 Å². The molecule has 96 valence electrons. The van der Waals surface area contributed by atoms with Gasteiger partial charge in [0.15, 0.2) is 0 Å². The fraction of sp³-hybridized carbons (Fsp3) is 0.0667. The normalized spacial score (nSPS) is 10.6. The first kappa shape index (κ1) is 12.8. The zero-order valence-electron chi connectivity index (χ0n) is 10.3. The Morgan fingerprint density at radius 1 is 1.21 bits per heavy atom. The van der Waals surface area contributed by atoms with E-state index in [1.54, 1.807) is 42.7 Å². The summed E-state index contributed by atoms with van der Waals surface area (Å²) in [6.07, 6.45) is 5.27. The Hall–Kier alpha value is -2.62. The fourth-order valence-electron chi connectivity index (χ4n) is 1.62. The van der Waals surface area contributed by atoms with Crippen molar-refractivity contribution in [1.29, 1.82) is 0 Å². The molecule has 19 heavy (non-hydrogen) atoms. The van der Waals surface area contributed by atoms with Gasteiger partial charge in [-0.1, -0.05) is 24.3 Å². The number of ether oxygens (including phenoxy) is 1. The Bertz CT molecular complexity index is 605. The van der Waals surface area contributed by atoms with Crippen molar-refractivity contribution in [3.05, 3.63) is 53.8 Å². The highest BCUT2D eigenvalue weighted by atomic mass is 16.5. The fourth-order valence-corrected chi connectivity index (χ4v) is 1.62. The Balaban J connectivity index is 2.30. The van der Waals surface area contributed by atoms with Crippen molar-refractivity contribution in [3.63, 3.8) is 0 Å². The average molecular weight is 256 g/mol. The number of benzene rings is 1. The summed E-state index contributed by atoms with van der Waals surface area (Å²) in [5.74, 6) is 0.209. The monoisotopic (exact) mass is 256 g/mol. The minimum Gasteiger partial charge on any atom is -0.466 e. The molecule has 0 N–H and O–H groups in total. The van der Waals surface area contributed by atoms with E-state index in [1.807, 2.05) is 0 Å². The highest BCUT2D eigenvalue weighted by molar-refractivity contribution is 5.88. The van der Waals surface area contributed by atoms with Crippen LogP contribution in [-0.2, 0) is 9.53 Å². The van der Waals surface area contributed by atoms with Crippen LogP contribution in [0.1, 0.15) is 15.9 Å². The number of carbonyl (C=O) groups is 2. The number of hydrogen-bond acceptors (Lipinski definition) is 4. The molecule has 0 unspecified atom stereocenters. The van der Waals surface area contributed by atoms with Gasteiger partial charge in [-0.05, 0) is 12.1 Å². The molecule has 0 fully saturated rings. The van der Waals surface area contributed by atoms with E-state index in [0.717, 1.165) is 17.4 Å². The number of hydrogen-bond donors (Lipinski definition) is 0. The van der Waals surface area contributed by atoms with Crippen LogP contribution in [0.5, 0.6) is 0 Å². The van der Waals surface area contributed by atoms with Crippen LogP contribution in [0.15, 0.2) is 47.1 Å². The van der Waals surface area contributed by atoms with Gasteiger partial charge in [0.05, 0.1) is 13.4 Å². The molecule has 0 bridgehead atoms. The summed E-state index contributed by atoms with van der Waals surface area (Å²) in [6.45, 7) is 0. The minimum atomic E-state index is -0.427. The van der Waals surface area contributed by atoms with Gasteiger partial charge in [-0.2, -0.15) is 0 Å². The molecule has 0 amide bonds. The molecule has 2 aromatic rings. The molecule has 0 aliphatic heterocycles. The van der Waals surface area contributed by atoms with E-state index >= 15 is 0 Å². The first-order valence-corrected chi connectivity index (χ1v) is 5.63. The minimum absolute atomic E-state index is 0.427. The Morgan fingerprint density at radius 2 is 1.95 bits per heavy atom. The Kier molecular flexibility index (Phi) is 3.93. The lowest BCUT2D eigenvalue weighted by molar-refractivity contribution is -0.134. The molecule has 0 saturated carbocycles. The third-order valence-electron chi connectivity index (χ3n) is 2.60. The molecule has 0 aliphatic rings. The van der Waals surface area contributed by atoms with E-state index in [2.05, 4.69) is 4.74 Å². The van der Waals surface area contributed by atoms with Crippen LogP contribution in [0.25, 0.3) is 17.4 Å². The molecule has 2 rings (SSSR count). The quantitative estimate of drug-likeness (QED) is 0.479. The van der Waals surface area contributed by atoms with Gasteiger partial charge in [0, 0.05) is 22.8 Å². The maximum Gasteiger partial charge on any atom is 0.330 e. The molecular weight excluding hydrogens is 244 g/mol. The standard InChI is InChI=1S/C15H12O4/c1-18-14(17)7-6-13-8-9-19-15(13)12-4-2-11(10-16)3-5-12/h2-10H,1H3/b7-6+. The largest absolute Gasteiger partial charge is 0.466 e. The average Bonchev–Trinajstić information content (AvgIpc) is 2.93. The molecule has 4 nitrogen and oxygen atoms in total. The summed E-state index contributed by atoms with van der Waals surface area (Å²) in [6, 6.07) is 8.75. The second-order valence-electron chi connectivity index (χ2n) is 3.80. The molecule has 0 atom stereocenters. The number of aldehydes is 1. The topological polar surface area (TPSA) is 56.5 Å². The van der Waals surface area contributed by atoms with E-state index in [-0.39, 0.29) is 0 Å². The van der Waals surface area contributed by atoms with Crippen LogP contribution in [0, 0.1) is 0 Å². The van der Waals surface area contributed by atoms with Crippen LogP contribution >= 0.6 is 0 Å². The summed E-state index contributed by atoms with van der Waals surface area (Å²) in [4.78, 5) is 21.7. The van der Waals surface area contributed by atoms with Crippen LogP contribution in [0.3, 0.4) is 0 Å². The van der Waals surface area contributed by atoms with Gasteiger partial charge in [-0.15, -0.1) is 0 Å². The number of furan rings is 1. The first-order valence-electron chi connectivity index (χ1n) is 5.63. The zero-order valence-corrected chi connectivity index (χ0v) is 10.3. The highest BCUT2D eigenvalue weighted by Crippen LogP contribution is 2.26. The molecule has 1 aromatic heterocycles. The number of esters is 1. The Morgan fingerprint density at radius 3 is 2.58 bits per heavy atom. The van der Waals surface area contributed by atoms with E-state index in [9.17, 15) is 9.59 Å². The van der Waals surface area contributed by atoms with Crippen molar-refractivity contribution in [3.8, 4) is 11.3 Å². The molecule has 0 spiro atoms. The maximum atomic E-state index is 11.1. The van der Waals surface area contributed by atoms with E-state index in [1.165, 1.54) is 13.2 Å². The first-order chi connectivity index (χ1) is 9.24. The van der Waals surface area contributed by atoms with Crippen molar-refractivity contribution in [1.82, 2.24) is 0 Å². The third kappa shape index (κ3) is 2.98. The summed E-state index contributed by atoms with van der Waals surface area (Å²) in [5.41, 5.74) is 2.20. The van der Waals surface area contributed by atoms with Gasteiger partial charge in [-0.25, -0.2) is 4.79 Å². The summed E-state index contributed by atoms with van der Waals surface area (Å²) >= 11 is 0. The lowest BCUT2D eigenvalue weighted by atomic mass is 10.1. The zero-order chi connectivity index (χ0) is 13.7. The van der Waals surface area contributed by atoms with Crippen LogP contribution in [-0.4, -0.2) is 19.4 Å².